The minimum Gasteiger partial charge on any atom is -0.477 e. The number of ether oxygens (including phenoxy) is 2. The highest BCUT2D eigenvalue weighted by atomic mass is 35.5. The molecular formula is C64H79ClN14O8S2. The van der Waals surface area contributed by atoms with Crippen LogP contribution >= 0.6 is 11.6 Å². The van der Waals surface area contributed by atoms with Crippen LogP contribution in [-0.4, -0.2) is 119 Å². The normalized spacial score (nSPS) is 23.8. The third kappa shape index (κ3) is 11.7. The van der Waals surface area contributed by atoms with Gasteiger partial charge in [0.15, 0.2) is 21.7 Å². The van der Waals surface area contributed by atoms with E-state index in [1.54, 1.807) is 59.4 Å². The van der Waals surface area contributed by atoms with Gasteiger partial charge in [0.05, 0.1) is 35.7 Å². The minimum absolute atomic E-state index is 0.0810. The molecule has 0 unspecified atom stereocenters. The first-order valence-corrected chi connectivity index (χ1v) is 35.0. The number of nitrogens with one attached hydrogen (secondary N) is 5. The highest BCUT2D eigenvalue weighted by molar-refractivity contribution is 7.90. The van der Waals surface area contributed by atoms with Crippen molar-refractivity contribution in [3.8, 4) is 23.4 Å². The summed E-state index contributed by atoms with van der Waals surface area (Å²) in [5, 5.41) is 18.8. The predicted molar refractivity (Wildman–Crippen MR) is 332 cm³/mol. The molecule has 6 aliphatic carbocycles. The number of hydrogen-bond acceptors (Lipinski definition) is 18. The average molecular weight is 1270 g/mol. The molecule has 0 radical (unpaired) electrons. The summed E-state index contributed by atoms with van der Waals surface area (Å²) in [4.78, 5) is 46.5. The van der Waals surface area contributed by atoms with Crippen molar-refractivity contribution < 1.29 is 35.9 Å². The number of amides is 2. The van der Waals surface area contributed by atoms with Crippen molar-refractivity contribution in [3.05, 3.63) is 113 Å². The molecule has 9 aliphatic rings. The summed E-state index contributed by atoms with van der Waals surface area (Å²) in [6, 6.07) is 19.4. The summed E-state index contributed by atoms with van der Waals surface area (Å²) >= 11 is 6.34. The van der Waals surface area contributed by atoms with Gasteiger partial charge >= 0.3 is 0 Å². The zero-order valence-corrected chi connectivity index (χ0v) is 53.3. The van der Waals surface area contributed by atoms with Crippen LogP contribution in [0.5, 0.6) is 11.8 Å². The van der Waals surface area contributed by atoms with Gasteiger partial charge in [-0.05, 0) is 231 Å². The SMILES string of the molecule is CC1(C)C[C@@H]2CCNCc3cccc(n3)S(=O)(=O)NC(=O)c3ccc(-n4ccc(OCCC5C6(CC6)C56CC6)n4)nc3N1C2.CC1(C)C[C@H](CCNCc2cccc(S(=O)(=O)NC(=O)c3ccc(-n4ccc(OCCC5C6(CC6)C56CC6)n4)nc3Cl)n2)CN1. The van der Waals surface area contributed by atoms with Gasteiger partial charge in [-0.1, -0.05) is 23.7 Å². The van der Waals surface area contributed by atoms with Crippen molar-refractivity contribution in [2.24, 2.45) is 45.3 Å². The maximum Gasteiger partial charge on any atom is 0.281 e. The Kier molecular flexibility index (Phi) is 15.1. The van der Waals surface area contributed by atoms with Gasteiger partial charge in [-0.25, -0.2) is 38.7 Å². The Bertz CT molecular complexity index is 3930. The van der Waals surface area contributed by atoms with Crippen LogP contribution in [0.4, 0.5) is 5.82 Å². The number of fused-ring (bicyclic) bond motifs is 8. The van der Waals surface area contributed by atoms with Crippen LogP contribution in [-0.2, 0) is 33.1 Å². The molecule has 6 aromatic rings. The summed E-state index contributed by atoms with van der Waals surface area (Å²) in [7, 11) is -8.46. The quantitative estimate of drug-likeness (QED) is 0.0402. The van der Waals surface area contributed by atoms with Gasteiger partial charge in [-0.2, -0.15) is 16.8 Å². The van der Waals surface area contributed by atoms with E-state index in [-0.39, 0.29) is 37.4 Å². The number of hydrogen-bond donors (Lipinski definition) is 5. The van der Waals surface area contributed by atoms with Crippen LogP contribution in [0.2, 0.25) is 5.15 Å². The highest BCUT2D eigenvalue weighted by Gasteiger charge is 2.86. The maximum absolute atomic E-state index is 13.6. The predicted octanol–water partition coefficient (Wildman–Crippen LogP) is 8.10. The van der Waals surface area contributed by atoms with E-state index >= 15 is 0 Å². The van der Waals surface area contributed by atoms with E-state index in [9.17, 15) is 26.4 Å². The Balaban J connectivity index is 0.000000156. The van der Waals surface area contributed by atoms with E-state index in [2.05, 4.69) is 83.1 Å². The first-order valence-electron chi connectivity index (χ1n) is 31.7. The molecule has 25 heteroatoms. The lowest BCUT2D eigenvalue weighted by Gasteiger charge is -2.34. The second-order valence-electron chi connectivity index (χ2n) is 27.8. The van der Waals surface area contributed by atoms with Crippen molar-refractivity contribution in [2.45, 2.75) is 152 Å². The fourth-order valence-electron chi connectivity index (χ4n) is 16.3. The maximum atomic E-state index is 13.6. The van der Waals surface area contributed by atoms with Crippen molar-refractivity contribution in [3.63, 3.8) is 0 Å². The number of halogens is 1. The van der Waals surface area contributed by atoms with Crippen molar-refractivity contribution in [1.29, 1.82) is 0 Å². The van der Waals surface area contributed by atoms with Crippen LogP contribution in [0.1, 0.15) is 150 Å². The van der Waals surface area contributed by atoms with Gasteiger partial charge in [0, 0.05) is 55.2 Å². The molecule has 6 aromatic heterocycles. The molecule has 6 saturated carbocycles. The standard InChI is InChI=1S/C32H40ClN7O4S.C32H39N7O4S/c1-30(2)18-21(19-35-30)8-15-34-20-22-4-3-5-27(36-22)45(42,43)39-29(41)23-6-7-25(37-28(23)33)40-16-9-26(38-40)44-17-10-24-31(11-12-31)32(24)13-14-32;1-30(2)18-21-8-15-33-19-22-4-3-5-27(34-22)44(41,42)37-29(40)23-6-7-25(35-28(23)38(30)20-21)39-16-9-26(36-39)43-17-10-24-31(11-12-31)32(24)13-14-32/h3-7,9,16,21,24,34-35H,8,10-15,17-20H2,1-2H3,(H,39,41);3-7,9,16,21,24,33H,8,10-15,17-20H2,1-2H3,(H,37,40)/t2*21-/m00/s1. The van der Waals surface area contributed by atoms with Crippen molar-refractivity contribution in [2.75, 3.05) is 44.3 Å². The summed E-state index contributed by atoms with van der Waals surface area (Å²) in [5.41, 5.74) is 3.79. The summed E-state index contributed by atoms with van der Waals surface area (Å²) < 4.78 is 72.0. The van der Waals surface area contributed by atoms with E-state index in [0.29, 0.717) is 107 Å². The molecule has 5 N–H and O–H groups in total. The third-order valence-corrected chi connectivity index (χ3v) is 24.0. The fraction of sp³-hybridized carbons (Fsp3) is 0.562. The summed E-state index contributed by atoms with van der Waals surface area (Å²) in [6.07, 6.45) is 20.8. The Morgan fingerprint density at radius 1 is 0.753 bits per heavy atom. The molecule has 2 atom stereocenters. The molecule has 89 heavy (non-hydrogen) atoms. The van der Waals surface area contributed by atoms with Gasteiger partial charge < -0.3 is 30.3 Å². The molecule has 3 aliphatic heterocycles. The van der Waals surface area contributed by atoms with E-state index in [4.69, 9.17) is 26.1 Å². The van der Waals surface area contributed by atoms with Crippen LogP contribution in [0, 0.1) is 45.3 Å². The number of carbonyl (C=O) groups excluding carboxylic acids is 2. The van der Waals surface area contributed by atoms with Crippen molar-refractivity contribution >= 4 is 49.3 Å². The zero-order chi connectivity index (χ0) is 61.8. The van der Waals surface area contributed by atoms with Gasteiger partial charge in [0.1, 0.15) is 11.0 Å². The van der Waals surface area contributed by atoms with E-state index in [1.165, 1.54) is 74.2 Å². The molecule has 4 spiro atoms. The first kappa shape index (κ1) is 60.0. The third-order valence-electron chi connectivity index (χ3n) is 21.3. The Labute approximate surface area is 525 Å². The Morgan fingerprint density at radius 2 is 1.38 bits per heavy atom. The summed E-state index contributed by atoms with van der Waals surface area (Å²) in [5.74, 6) is 3.35. The lowest BCUT2D eigenvalue weighted by molar-refractivity contribution is 0.0972. The molecule has 15 rings (SSSR count). The zero-order valence-electron chi connectivity index (χ0n) is 50.9. The number of anilines is 1. The monoisotopic (exact) mass is 1270 g/mol. The van der Waals surface area contributed by atoms with Gasteiger partial charge in [-0.3, -0.25) is 9.59 Å². The molecule has 472 valence electrons. The topological polar surface area (TPSA) is 271 Å². The molecule has 2 amide bonds. The van der Waals surface area contributed by atoms with Crippen LogP contribution in [0.25, 0.3) is 11.6 Å². The van der Waals surface area contributed by atoms with Gasteiger partial charge in [-0.15, -0.1) is 10.2 Å². The lowest BCUT2D eigenvalue weighted by atomic mass is 9.94. The highest BCUT2D eigenvalue weighted by Crippen LogP contribution is 2.94. The van der Waals surface area contributed by atoms with E-state index < -0.39 is 31.9 Å². The number of nitrogens with zero attached hydrogens (tertiary/aromatic N) is 9. The minimum atomic E-state index is -4.25. The Hall–Kier alpha value is -6.57. The Morgan fingerprint density at radius 3 is 2.00 bits per heavy atom. The largest absolute Gasteiger partial charge is 0.477 e. The second kappa shape index (κ2) is 22.4. The number of carbonyl (C=O) groups is 2. The van der Waals surface area contributed by atoms with E-state index in [1.807, 2.05) is 12.3 Å². The molecular weight excluding hydrogens is 1190 g/mol. The van der Waals surface area contributed by atoms with Crippen molar-refractivity contribution in [1.82, 2.24) is 64.9 Å². The van der Waals surface area contributed by atoms with Crippen LogP contribution in [0.15, 0.2) is 95.2 Å². The molecule has 8 fully saturated rings. The number of aromatic nitrogens is 8. The molecule has 0 aromatic carbocycles. The first-order chi connectivity index (χ1) is 42.6. The van der Waals surface area contributed by atoms with E-state index in [0.717, 1.165) is 70.0 Å². The lowest BCUT2D eigenvalue weighted by Crippen LogP contribution is -2.41. The number of rotatable bonds is 18. The molecule has 22 nitrogen and oxygen atoms in total. The molecule has 2 saturated heterocycles. The van der Waals surface area contributed by atoms with Gasteiger partial charge in [0.25, 0.3) is 31.9 Å². The summed E-state index contributed by atoms with van der Waals surface area (Å²) in [6.45, 7) is 14.1. The van der Waals surface area contributed by atoms with Gasteiger partial charge in [0.2, 0.25) is 11.8 Å². The fourth-order valence-corrected chi connectivity index (χ4v) is 18.5. The molecule has 4 bridgehead atoms. The number of sulfonamides is 2. The van der Waals surface area contributed by atoms with Crippen LogP contribution in [0.3, 0.4) is 0 Å². The second-order valence-corrected chi connectivity index (χ2v) is 31.4. The smallest absolute Gasteiger partial charge is 0.281 e. The average Bonchev–Trinajstić information content (AvgIpc) is 1.46. The van der Waals surface area contributed by atoms with Crippen LogP contribution < -0.4 is 39.8 Å². The number of pyridine rings is 4. The molecule has 9 heterocycles.